The summed E-state index contributed by atoms with van der Waals surface area (Å²) in [4.78, 5) is 14.6. The Kier molecular flexibility index (Phi) is 5.01. The number of hydrogen-bond acceptors (Lipinski definition) is 4. The standard InChI is InChI=1S/C19H22N2O3/c1-23-17-9-3-14(4-10-17)19(22)20-15-5-7-16(8-6-15)21-12-11-18(13-21)24-2/h3-10,18H,11-13H2,1-2H3,(H,20,22). The minimum atomic E-state index is -0.133. The van der Waals surface area contributed by atoms with E-state index in [1.54, 1.807) is 38.5 Å². The predicted molar refractivity (Wildman–Crippen MR) is 95.0 cm³/mol. The third kappa shape index (κ3) is 3.68. The Balaban J connectivity index is 1.62. The fourth-order valence-corrected chi connectivity index (χ4v) is 2.86. The Hall–Kier alpha value is -2.53. The van der Waals surface area contributed by atoms with Gasteiger partial charge in [-0.2, -0.15) is 0 Å². The van der Waals surface area contributed by atoms with E-state index >= 15 is 0 Å². The van der Waals surface area contributed by atoms with E-state index in [-0.39, 0.29) is 5.91 Å². The molecule has 1 amide bonds. The second kappa shape index (κ2) is 7.36. The summed E-state index contributed by atoms with van der Waals surface area (Å²) in [7, 11) is 3.36. The molecule has 1 unspecified atom stereocenters. The van der Waals surface area contributed by atoms with Crippen molar-refractivity contribution in [2.45, 2.75) is 12.5 Å². The van der Waals surface area contributed by atoms with E-state index in [9.17, 15) is 4.79 Å². The van der Waals surface area contributed by atoms with E-state index in [1.807, 2.05) is 24.3 Å². The normalized spacial score (nSPS) is 16.9. The van der Waals surface area contributed by atoms with Crippen molar-refractivity contribution in [3.8, 4) is 5.75 Å². The molecule has 126 valence electrons. The summed E-state index contributed by atoms with van der Waals surface area (Å²) in [5.41, 5.74) is 2.53. The second-order valence-corrected chi connectivity index (χ2v) is 5.82. The van der Waals surface area contributed by atoms with Gasteiger partial charge >= 0.3 is 0 Å². The highest BCUT2D eigenvalue weighted by atomic mass is 16.5. The third-order valence-electron chi connectivity index (χ3n) is 4.32. The minimum absolute atomic E-state index is 0.133. The van der Waals surface area contributed by atoms with Crippen molar-refractivity contribution in [1.82, 2.24) is 0 Å². The largest absolute Gasteiger partial charge is 0.497 e. The van der Waals surface area contributed by atoms with Crippen LogP contribution in [0.2, 0.25) is 0 Å². The van der Waals surface area contributed by atoms with Crippen LogP contribution in [0.25, 0.3) is 0 Å². The van der Waals surface area contributed by atoms with Crippen molar-refractivity contribution >= 4 is 17.3 Å². The number of anilines is 2. The zero-order chi connectivity index (χ0) is 16.9. The summed E-state index contributed by atoms with van der Waals surface area (Å²) in [5.74, 6) is 0.599. The first-order valence-corrected chi connectivity index (χ1v) is 8.03. The monoisotopic (exact) mass is 326 g/mol. The lowest BCUT2D eigenvalue weighted by Crippen LogP contribution is -2.22. The number of ether oxygens (including phenoxy) is 2. The highest BCUT2D eigenvalue weighted by molar-refractivity contribution is 6.04. The summed E-state index contributed by atoms with van der Waals surface area (Å²) in [6, 6.07) is 15.0. The Morgan fingerprint density at radius 2 is 1.79 bits per heavy atom. The maximum atomic E-state index is 12.3. The maximum Gasteiger partial charge on any atom is 0.255 e. The molecule has 2 aromatic rings. The summed E-state index contributed by atoms with van der Waals surface area (Å²) in [5, 5.41) is 2.91. The van der Waals surface area contributed by atoms with E-state index in [1.165, 1.54) is 0 Å². The van der Waals surface area contributed by atoms with Gasteiger partial charge in [-0.25, -0.2) is 0 Å². The Morgan fingerprint density at radius 1 is 1.08 bits per heavy atom. The highest BCUT2D eigenvalue weighted by Gasteiger charge is 2.22. The van der Waals surface area contributed by atoms with Gasteiger partial charge < -0.3 is 19.7 Å². The quantitative estimate of drug-likeness (QED) is 0.917. The van der Waals surface area contributed by atoms with Gasteiger partial charge in [-0.1, -0.05) is 0 Å². The molecule has 0 aromatic heterocycles. The lowest BCUT2D eigenvalue weighted by molar-refractivity contribution is 0.102. The van der Waals surface area contributed by atoms with Crippen LogP contribution < -0.4 is 15.0 Å². The van der Waals surface area contributed by atoms with Crippen LogP contribution in [-0.4, -0.2) is 39.3 Å². The fraction of sp³-hybridized carbons (Fsp3) is 0.316. The Morgan fingerprint density at radius 3 is 2.38 bits per heavy atom. The average molecular weight is 326 g/mol. The van der Waals surface area contributed by atoms with Gasteiger partial charge in [0.2, 0.25) is 0 Å². The minimum Gasteiger partial charge on any atom is -0.497 e. The molecule has 0 saturated carbocycles. The summed E-state index contributed by atoms with van der Waals surface area (Å²) in [6.07, 6.45) is 1.35. The lowest BCUT2D eigenvalue weighted by atomic mass is 10.2. The lowest BCUT2D eigenvalue weighted by Gasteiger charge is -2.18. The molecular weight excluding hydrogens is 304 g/mol. The number of rotatable bonds is 5. The van der Waals surface area contributed by atoms with Crippen LogP contribution >= 0.6 is 0 Å². The van der Waals surface area contributed by atoms with Gasteiger partial charge in [0.05, 0.1) is 13.2 Å². The SMILES string of the molecule is COc1ccc(C(=O)Nc2ccc(N3CCC(OC)C3)cc2)cc1. The smallest absolute Gasteiger partial charge is 0.255 e. The topological polar surface area (TPSA) is 50.8 Å². The zero-order valence-electron chi connectivity index (χ0n) is 14.0. The van der Waals surface area contributed by atoms with E-state index in [2.05, 4.69) is 10.2 Å². The molecule has 5 heteroatoms. The number of nitrogens with zero attached hydrogens (tertiary/aromatic N) is 1. The molecule has 0 aliphatic carbocycles. The summed E-state index contributed by atoms with van der Waals surface area (Å²) < 4.78 is 10.5. The molecule has 1 N–H and O–H groups in total. The first kappa shape index (κ1) is 16.3. The van der Waals surface area contributed by atoms with Gasteiger partial charge in [0.15, 0.2) is 0 Å². The van der Waals surface area contributed by atoms with E-state index < -0.39 is 0 Å². The summed E-state index contributed by atoms with van der Waals surface area (Å²) in [6.45, 7) is 1.91. The van der Waals surface area contributed by atoms with E-state index in [0.717, 1.165) is 36.6 Å². The number of carbonyl (C=O) groups is 1. The Labute approximate surface area is 142 Å². The Bertz CT molecular complexity index is 683. The van der Waals surface area contributed by atoms with Crippen molar-refractivity contribution in [2.75, 3.05) is 37.5 Å². The molecule has 5 nitrogen and oxygen atoms in total. The van der Waals surface area contributed by atoms with Gasteiger partial charge in [0.25, 0.3) is 5.91 Å². The molecule has 0 spiro atoms. The molecule has 0 bridgehead atoms. The molecule has 1 aliphatic heterocycles. The number of carbonyl (C=O) groups excluding carboxylic acids is 1. The van der Waals surface area contributed by atoms with Crippen LogP contribution in [0, 0.1) is 0 Å². The molecule has 1 heterocycles. The van der Waals surface area contributed by atoms with Gasteiger partial charge in [0, 0.05) is 37.1 Å². The molecular formula is C19H22N2O3. The maximum absolute atomic E-state index is 12.3. The molecule has 3 rings (SSSR count). The number of amides is 1. The molecule has 1 saturated heterocycles. The van der Waals surface area contributed by atoms with Crippen LogP contribution in [0.5, 0.6) is 5.75 Å². The van der Waals surface area contributed by atoms with Gasteiger partial charge in [0.1, 0.15) is 5.75 Å². The van der Waals surface area contributed by atoms with Crippen molar-refractivity contribution in [2.24, 2.45) is 0 Å². The molecule has 1 atom stereocenters. The third-order valence-corrected chi connectivity index (χ3v) is 4.32. The molecule has 1 fully saturated rings. The van der Waals surface area contributed by atoms with Crippen LogP contribution in [0.1, 0.15) is 16.8 Å². The number of hydrogen-bond donors (Lipinski definition) is 1. The van der Waals surface area contributed by atoms with E-state index in [0.29, 0.717) is 11.7 Å². The van der Waals surface area contributed by atoms with Crippen LogP contribution in [0.3, 0.4) is 0 Å². The van der Waals surface area contributed by atoms with Crippen molar-refractivity contribution in [3.63, 3.8) is 0 Å². The van der Waals surface area contributed by atoms with Crippen molar-refractivity contribution < 1.29 is 14.3 Å². The average Bonchev–Trinajstić information content (AvgIpc) is 3.11. The first-order valence-electron chi connectivity index (χ1n) is 8.03. The van der Waals surface area contributed by atoms with Crippen LogP contribution in [-0.2, 0) is 4.74 Å². The van der Waals surface area contributed by atoms with Crippen molar-refractivity contribution in [3.05, 3.63) is 54.1 Å². The number of methoxy groups -OCH3 is 2. The zero-order valence-corrected chi connectivity index (χ0v) is 14.0. The molecule has 0 radical (unpaired) electrons. The van der Waals surface area contributed by atoms with Crippen LogP contribution in [0.15, 0.2) is 48.5 Å². The van der Waals surface area contributed by atoms with E-state index in [4.69, 9.17) is 9.47 Å². The van der Waals surface area contributed by atoms with Gasteiger partial charge in [-0.05, 0) is 55.0 Å². The molecule has 2 aromatic carbocycles. The van der Waals surface area contributed by atoms with Gasteiger partial charge in [-0.15, -0.1) is 0 Å². The summed E-state index contributed by atoms with van der Waals surface area (Å²) >= 11 is 0. The number of nitrogens with one attached hydrogen (secondary N) is 1. The number of benzene rings is 2. The molecule has 24 heavy (non-hydrogen) atoms. The van der Waals surface area contributed by atoms with Crippen LogP contribution in [0.4, 0.5) is 11.4 Å². The predicted octanol–water partition coefficient (Wildman–Crippen LogP) is 3.17. The molecule has 1 aliphatic rings. The fourth-order valence-electron chi connectivity index (χ4n) is 2.86. The van der Waals surface area contributed by atoms with Crippen molar-refractivity contribution in [1.29, 1.82) is 0 Å². The van der Waals surface area contributed by atoms with Gasteiger partial charge in [-0.3, -0.25) is 4.79 Å². The second-order valence-electron chi connectivity index (χ2n) is 5.82. The first-order chi connectivity index (χ1) is 11.7. The highest BCUT2D eigenvalue weighted by Crippen LogP contribution is 2.23.